The van der Waals surface area contributed by atoms with Crippen molar-refractivity contribution in [1.82, 2.24) is 4.90 Å². The molecule has 1 fully saturated rings. The van der Waals surface area contributed by atoms with Gasteiger partial charge in [-0.05, 0) is 28.5 Å². The second-order valence-corrected chi connectivity index (χ2v) is 7.17. The highest BCUT2D eigenvalue weighted by molar-refractivity contribution is 5.92. The normalized spacial score (nSPS) is 15.9. The van der Waals surface area contributed by atoms with Crippen LogP contribution in [0.3, 0.4) is 0 Å². The molecule has 148 valence electrons. The minimum Gasteiger partial charge on any atom is -0.369 e. The summed E-state index contributed by atoms with van der Waals surface area (Å²) in [6.45, 7) is 2.78. The number of nitrogens with two attached hydrogens (primary N) is 1. The molecule has 1 aliphatic rings. The third-order valence-electron chi connectivity index (χ3n) is 5.49. The number of nitro groups is 1. The largest absolute Gasteiger partial charge is 0.369 e. The van der Waals surface area contributed by atoms with Crippen molar-refractivity contribution in [3.05, 3.63) is 82.4 Å². The number of rotatable bonds is 5. The molecular formula is C22H22N4O3. The predicted octanol–water partition coefficient (Wildman–Crippen LogP) is 3.10. The van der Waals surface area contributed by atoms with Crippen LogP contribution in [-0.4, -0.2) is 41.9 Å². The van der Waals surface area contributed by atoms with Crippen LogP contribution in [0, 0.1) is 10.1 Å². The molecule has 7 heteroatoms. The average molecular weight is 390 g/mol. The monoisotopic (exact) mass is 390 g/mol. The van der Waals surface area contributed by atoms with Crippen LogP contribution < -0.4 is 10.6 Å². The molecule has 3 aromatic carbocycles. The van der Waals surface area contributed by atoms with Gasteiger partial charge in [0.25, 0.3) is 5.69 Å². The first-order chi connectivity index (χ1) is 14.0. The molecule has 1 saturated heterocycles. The van der Waals surface area contributed by atoms with Gasteiger partial charge in [0.15, 0.2) is 0 Å². The number of piperazine rings is 1. The van der Waals surface area contributed by atoms with E-state index >= 15 is 0 Å². The molecule has 1 atom stereocenters. The number of nitrogens with zero attached hydrogens (tertiary/aromatic N) is 3. The molecule has 2 N–H and O–H groups in total. The molecule has 7 nitrogen and oxygen atoms in total. The fourth-order valence-corrected chi connectivity index (χ4v) is 4.04. The van der Waals surface area contributed by atoms with E-state index < -0.39 is 11.0 Å². The van der Waals surface area contributed by atoms with E-state index in [1.54, 1.807) is 12.1 Å². The number of carbonyl (C=O) groups excluding carboxylic acids is 1. The molecule has 29 heavy (non-hydrogen) atoms. The number of fused-ring (bicyclic) bond motifs is 1. The maximum atomic E-state index is 12.4. The Morgan fingerprint density at radius 3 is 2.24 bits per heavy atom. The number of nitro benzene ring substituents is 1. The second-order valence-electron chi connectivity index (χ2n) is 7.17. The van der Waals surface area contributed by atoms with Gasteiger partial charge in [0.2, 0.25) is 5.91 Å². The van der Waals surface area contributed by atoms with Crippen LogP contribution in [0.15, 0.2) is 66.7 Å². The Morgan fingerprint density at radius 2 is 1.59 bits per heavy atom. The summed E-state index contributed by atoms with van der Waals surface area (Å²) in [6, 6.07) is 20.1. The van der Waals surface area contributed by atoms with Crippen molar-refractivity contribution in [1.29, 1.82) is 0 Å². The molecule has 1 heterocycles. The molecule has 0 saturated carbocycles. The number of carbonyl (C=O) groups is 1. The van der Waals surface area contributed by atoms with Crippen LogP contribution in [0.1, 0.15) is 11.6 Å². The smallest absolute Gasteiger partial charge is 0.269 e. The van der Waals surface area contributed by atoms with E-state index in [4.69, 9.17) is 5.73 Å². The van der Waals surface area contributed by atoms with Crippen molar-refractivity contribution in [2.45, 2.75) is 6.04 Å². The van der Waals surface area contributed by atoms with Crippen LogP contribution in [0.25, 0.3) is 10.8 Å². The molecular weight excluding hydrogens is 368 g/mol. The lowest BCUT2D eigenvalue weighted by Crippen LogP contribution is -2.50. The summed E-state index contributed by atoms with van der Waals surface area (Å²) in [6.07, 6.45) is 0. The summed E-state index contributed by atoms with van der Waals surface area (Å²) >= 11 is 0. The standard InChI is InChI=1S/C22H22N4O3/c23-22(27)21(20-7-3-5-16-4-1-2-6-19(16)20)25-14-12-24(13-15-25)17-8-10-18(11-9-17)26(28)29/h1-11,21H,12-15H2,(H2,23,27). The van der Waals surface area contributed by atoms with Crippen LogP contribution in [0.5, 0.6) is 0 Å². The van der Waals surface area contributed by atoms with Crippen molar-refractivity contribution >= 4 is 28.1 Å². The van der Waals surface area contributed by atoms with Gasteiger partial charge in [-0.3, -0.25) is 19.8 Å². The molecule has 0 radical (unpaired) electrons. The SMILES string of the molecule is NC(=O)C(c1cccc2ccccc12)N1CCN(c2ccc([N+](=O)[O-])cc2)CC1. The molecule has 0 bridgehead atoms. The first-order valence-electron chi connectivity index (χ1n) is 9.55. The number of amides is 1. The summed E-state index contributed by atoms with van der Waals surface area (Å²) in [7, 11) is 0. The first kappa shape index (κ1) is 18.9. The topological polar surface area (TPSA) is 92.7 Å². The van der Waals surface area contributed by atoms with E-state index in [-0.39, 0.29) is 11.6 Å². The Hall–Kier alpha value is -3.45. The Kier molecular flexibility index (Phi) is 5.14. The van der Waals surface area contributed by atoms with Crippen LogP contribution >= 0.6 is 0 Å². The van der Waals surface area contributed by atoms with Crippen LogP contribution in [0.4, 0.5) is 11.4 Å². The van der Waals surface area contributed by atoms with E-state index in [1.807, 2.05) is 42.5 Å². The minimum atomic E-state index is -0.486. The molecule has 0 spiro atoms. The zero-order valence-corrected chi connectivity index (χ0v) is 15.9. The van der Waals surface area contributed by atoms with Crippen LogP contribution in [0.2, 0.25) is 0 Å². The van der Waals surface area contributed by atoms with Crippen molar-refractivity contribution in [3.8, 4) is 0 Å². The van der Waals surface area contributed by atoms with Gasteiger partial charge in [0, 0.05) is 44.0 Å². The molecule has 1 amide bonds. The lowest BCUT2D eigenvalue weighted by molar-refractivity contribution is -0.384. The number of non-ortho nitro benzene ring substituents is 1. The molecule has 0 aliphatic carbocycles. The van der Waals surface area contributed by atoms with Gasteiger partial charge in [-0.1, -0.05) is 42.5 Å². The highest BCUT2D eigenvalue weighted by Crippen LogP contribution is 2.30. The van der Waals surface area contributed by atoms with E-state index in [9.17, 15) is 14.9 Å². The third kappa shape index (κ3) is 3.77. The molecule has 1 unspecified atom stereocenters. The van der Waals surface area contributed by atoms with Crippen molar-refractivity contribution in [2.75, 3.05) is 31.1 Å². The summed E-state index contributed by atoms with van der Waals surface area (Å²) in [4.78, 5) is 27.1. The van der Waals surface area contributed by atoms with Gasteiger partial charge < -0.3 is 10.6 Å². The Bertz CT molecular complexity index is 1040. The molecule has 0 aromatic heterocycles. The lowest BCUT2D eigenvalue weighted by Gasteiger charge is -2.39. The van der Waals surface area contributed by atoms with E-state index in [0.29, 0.717) is 26.2 Å². The zero-order valence-electron chi connectivity index (χ0n) is 15.9. The summed E-state index contributed by atoms with van der Waals surface area (Å²) in [5, 5.41) is 13.0. The van der Waals surface area contributed by atoms with Gasteiger partial charge in [-0.15, -0.1) is 0 Å². The van der Waals surface area contributed by atoms with Gasteiger partial charge in [0.05, 0.1) is 4.92 Å². The highest BCUT2D eigenvalue weighted by atomic mass is 16.6. The first-order valence-corrected chi connectivity index (χ1v) is 9.55. The second kappa shape index (κ2) is 7.89. The Labute approximate surface area is 168 Å². The van der Waals surface area contributed by atoms with Crippen molar-refractivity contribution in [3.63, 3.8) is 0 Å². The van der Waals surface area contributed by atoms with E-state index in [2.05, 4.69) is 9.80 Å². The number of benzene rings is 3. The highest BCUT2D eigenvalue weighted by Gasteiger charge is 2.30. The summed E-state index contributed by atoms with van der Waals surface area (Å²) in [5.74, 6) is -0.356. The quantitative estimate of drug-likeness (QED) is 0.534. The van der Waals surface area contributed by atoms with Crippen LogP contribution in [-0.2, 0) is 4.79 Å². The average Bonchev–Trinajstić information content (AvgIpc) is 2.74. The number of hydrogen-bond donors (Lipinski definition) is 1. The number of primary amides is 1. The van der Waals surface area contributed by atoms with Crippen molar-refractivity contribution < 1.29 is 9.72 Å². The maximum Gasteiger partial charge on any atom is 0.269 e. The van der Waals surface area contributed by atoms with E-state index in [0.717, 1.165) is 22.0 Å². The number of anilines is 1. The Morgan fingerprint density at radius 1 is 0.931 bits per heavy atom. The predicted molar refractivity (Wildman–Crippen MR) is 113 cm³/mol. The fourth-order valence-electron chi connectivity index (χ4n) is 4.04. The van der Waals surface area contributed by atoms with Gasteiger partial charge in [-0.25, -0.2) is 0 Å². The number of hydrogen-bond acceptors (Lipinski definition) is 5. The maximum absolute atomic E-state index is 12.4. The fraction of sp³-hybridized carbons (Fsp3) is 0.227. The van der Waals surface area contributed by atoms with Gasteiger partial charge >= 0.3 is 0 Å². The van der Waals surface area contributed by atoms with Crippen molar-refractivity contribution in [2.24, 2.45) is 5.73 Å². The van der Waals surface area contributed by atoms with Gasteiger partial charge in [0.1, 0.15) is 6.04 Å². The Balaban J connectivity index is 1.54. The lowest BCUT2D eigenvalue weighted by atomic mass is 9.96. The molecule has 1 aliphatic heterocycles. The molecule has 4 rings (SSSR count). The summed E-state index contributed by atoms with van der Waals surface area (Å²) < 4.78 is 0. The van der Waals surface area contributed by atoms with Gasteiger partial charge in [-0.2, -0.15) is 0 Å². The summed E-state index contributed by atoms with van der Waals surface area (Å²) in [5.41, 5.74) is 7.77. The van der Waals surface area contributed by atoms with E-state index in [1.165, 1.54) is 12.1 Å². The zero-order chi connectivity index (χ0) is 20.4. The third-order valence-corrected chi connectivity index (χ3v) is 5.49. The minimum absolute atomic E-state index is 0.0807. The molecule has 3 aromatic rings.